The number of pyridine rings is 3. The number of imidazole rings is 1. The molecule has 4 heterocycles. The maximum absolute atomic E-state index is 12.6. The van der Waals surface area contributed by atoms with E-state index in [4.69, 9.17) is 19.7 Å². The number of aliphatic hydroxyl groups is 1. The number of nitrogens with zero attached hydrogens (tertiary/aromatic N) is 5. The quantitative estimate of drug-likeness (QED) is 0.403. The predicted molar refractivity (Wildman–Crippen MR) is 140 cm³/mol. The summed E-state index contributed by atoms with van der Waals surface area (Å²) in [4.78, 5) is 19.2. The number of methoxy groups -OCH3 is 1. The molecule has 36 heavy (non-hydrogen) atoms. The second-order valence-corrected chi connectivity index (χ2v) is 11.1. The Labute approximate surface area is 213 Å². The number of hydrogen-bond donors (Lipinski definition) is 1. The van der Waals surface area contributed by atoms with E-state index >= 15 is 0 Å². The van der Waals surface area contributed by atoms with E-state index in [0.717, 1.165) is 11.4 Å². The first-order chi connectivity index (χ1) is 16.9. The molecule has 0 aliphatic carbocycles. The van der Waals surface area contributed by atoms with Gasteiger partial charge in [-0.1, -0.05) is 59.7 Å². The summed E-state index contributed by atoms with van der Waals surface area (Å²) in [5.41, 5.74) is 1.63. The Bertz CT molecular complexity index is 1280. The second kappa shape index (κ2) is 9.56. The smallest absolute Gasteiger partial charge is 0.192 e. The van der Waals surface area contributed by atoms with Gasteiger partial charge in [0.2, 0.25) is 0 Å². The van der Waals surface area contributed by atoms with E-state index in [0.29, 0.717) is 28.6 Å². The van der Waals surface area contributed by atoms with Gasteiger partial charge in [-0.2, -0.15) is 0 Å². The highest BCUT2D eigenvalue weighted by molar-refractivity contribution is 5.52. The normalized spacial score (nSPS) is 12.7. The van der Waals surface area contributed by atoms with Crippen molar-refractivity contribution < 1.29 is 9.84 Å². The number of hydrogen-bond acceptors (Lipinski definition) is 6. The van der Waals surface area contributed by atoms with Crippen molar-refractivity contribution in [1.82, 2.24) is 24.5 Å². The standard InChI is InChI=1S/C29H35N5O2/c1-27(2,3)21-13-10-15-23(31-21)29(35,24-16-11-14-22(32-24)28(4,5)6)25-18-34(19-36-7)26(33-25)20-12-8-9-17-30-20/h8-18,35H,19H2,1-7H3. The monoisotopic (exact) mass is 485 g/mol. The molecule has 0 fully saturated rings. The van der Waals surface area contributed by atoms with Crippen LogP contribution in [0, 0.1) is 0 Å². The Morgan fingerprint density at radius 2 is 1.28 bits per heavy atom. The minimum atomic E-state index is -1.70. The van der Waals surface area contributed by atoms with E-state index in [1.54, 1.807) is 19.5 Å². The summed E-state index contributed by atoms with van der Waals surface area (Å²) in [6.07, 6.45) is 3.51. The summed E-state index contributed by atoms with van der Waals surface area (Å²) < 4.78 is 7.27. The molecule has 0 saturated heterocycles. The van der Waals surface area contributed by atoms with Crippen molar-refractivity contribution in [3.8, 4) is 11.5 Å². The SMILES string of the molecule is COCn1cc(C(O)(c2cccc(C(C)(C)C)n2)c2cccc(C(C)(C)C)n2)nc1-c1ccccn1. The molecule has 4 aromatic heterocycles. The van der Waals surface area contributed by atoms with Gasteiger partial charge >= 0.3 is 0 Å². The van der Waals surface area contributed by atoms with Crippen molar-refractivity contribution in [2.24, 2.45) is 0 Å². The molecule has 188 valence electrons. The van der Waals surface area contributed by atoms with E-state index in [1.165, 1.54) is 0 Å². The first kappa shape index (κ1) is 25.7. The van der Waals surface area contributed by atoms with Gasteiger partial charge in [-0.05, 0) is 36.4 Å². The molecule has 0 unspecified atom stereocenters. The van der Waals surface area contributed by atoms with Gasteiger partial charge in [-0.25, -0.2) is 4.98 Å². The topological polar surface area (TPSA) is 86.0 Å². The molecule has 0 aliphatic rings. The molecule has 4 rings (SSSR count). The molecule has 0 bridgehead atoms. The fourth-order valence-electron chi connectivity index (χ4n) is 4.03. The Morgan fingerprint density at radius 1 is 0.722 bits per heavy atom. The Hall–Kier alpha value is -3.42. The number of rotatable bonds is 6. The first-order valence-corrected chi connectivity index (χ1v) is 12.1. The van der Waals surface area contributed by atoms with E-state index in [9.17, 15) is 5.11 Å². The summed E-state index contributed by atoms with van der Waals surface area (Å²) in [6.45, 7) is 12.9. The Balaban J connectivity index is 2.00. The van der Waals surface area contributed by atoms with Crippen LogP contribution in [0.15, 0.2) is 67.0 Å². The van der Waals surface area contributed by atoms with Gasteiger partial charge in [-0.3, -0.25) is 15.0 Å². The molecule has 7 nitrogen and oxygen atoms in total. The average Bonchev–Trinajstić information content (AvgIpc) is 3.28. The van der Waals surface area contributed by atoms with Crippen LogP contribution >= 0.6 is 0 Å². The Morgan fingerprint density at radius 3 is 1.75 bits per heavy atom. The molecular formula is C29H35N5O2. The van der Waals surface area contributed by atoms with E-state index in [2.05, 4.69) is 46.5 Å². The van der Waals surface area contributed by atoms with Crippen LogP contribution in [0.3, 0.4) is 0 Å². The molecule has 4 aromatic rings. The molecule has 0 atom stereocenters. The lowest BCUT2D eigenvalue weighted by Crippen LogP contribution is -2.33. The molecule has 0 saturated carbocycles. The predicted octanol–water partition coefficient (Wildman–Crippen LogP) is 5.22. The zero-order valence-electron chi connectivity index (χ0n) is 22.1. The molecule has 1 N–H and O–H groups in total. The third-order valence-corrected chi connectivity index (χ3v) is 6.09. The average molecular weight is 486 g/mol. The van der Waals surface area contributed by atoms with Crippen LogP contribution < -0.4 is 0 Å². The van der Waals surface area contributed by atoms with Gasteiger partial charge in [0, 0.05) is 41.7 Å². The summed E-state index contributed by atoms with van der Waals surface area (Å²) in [6, 6.07) is 17.1. The highest BCUT2D eigenvalue weighted by Gasteiger charge is 2.41. The van der Waals surface area contributed by atoms with Gasteiger partial charge in [0.25, 0.3) is 0 Å². The van der Waals surface area contributed by atoms with Crippen LogP contribution in [-0.4, -0.2) is 36.7 Å². The number of aromatic nitrogens is 5. The maximum atomic E-state index is 12.6. The minimum absolute atomic E-state index is 0.202. The Kier molecular flexibility index (Phi) is 6.82. The van der Waals surface area contributed by atoms with Crippen LogP contribution in [0.25, 0.3) is 11.5 Å². The van der Waals surface area contributed by atoms with Gasteiger partial charge in [-0.15, -0.1) is 0 Å². The van der Waals surface area contributed by atoms with Crippen molar-refractivity contribution in [2.45, 2.75) is 64.7 Å². The van der Waals surface area contributed by atoms with Crippen LogP contribution in [0.1, 0.15) is 70.0 Å². The van der Waals surface area contributed by atoms with Crippen LogP contribution in [0.5, 0.6) is 0 Å². The molecule has 0 amide bonds. The van der Waals surface area contributed by atoms with Gasteiger partial charge in [0.05, 0.1) is 11.4 Å². The van der Waals surface area contributed by atoms with Crippen molar-refractivity contribution in [3.05, 3.63) is 95.5 Å². The van der Waals surface area contributed by atoms with E-state index in [-0.39, 0.29) is 17.6 Å². The van der Waals surface area contributed by atoms with Gasteiger partial charge in [0.15, 0.2) is 11.4 Å². The van der Waals surface area contributed by atoms with E-state index in [1.807, 2.05) is 59.2 Å². The van der Waals surface area contributed by atoms with E-state index < -0.39 is 5.60 Å². The van der Waals surface area contributed by atoms with Crippen LogP contribution in [0.4, 0.5) is 0 Å². The summed E-state index contributed by atoms with van der Waals surface area (Å²) in [5.74, 6) is 0.588. The lowest BCUT2D eigenvalue weighted by molar-refractivity contribution is 0.109. The lowest BCUT2D eigenvalue weighted by atomic mass is 9.86. The largest absolute Gasteiger partial charge is 0.372 e. The third-order valence-electron chi connectivity index (χ3n) is 6.09. The molecule has 0 aromatic carbocycles. The summed E-state index contributed by atoms with van der Waals surface area (Å²) in [7, 11) is 1.62. The van der Waals surface area contributed by atoms with Crippen LogP contribution in [0.2, 0.25) is 0 Å². The lowest BCUT2D eigenvalue weighted by Gasteiger charge is -2.29. The van der Waals surface area contributed by atoms with Gasteiger partial charge in [0.1, 0.15) is 18.1 Å². The fraction of sp³-hybridized carbons (Fsp3) is 0.379. The molecule has 0 radical (unpaired) electrons. The summed E-state index contributed by atoms with van der Waals surface area (Å²) in [5, 5.41) is 12.6. The van der Waals surface area contributed by atoms with Crippen LogP contribution in [-0.2, 0) is 27.9 Å². The summed E-state index contributed by atoms with van der Waals surface area (Å²) >= 11 is 0. The van der Waals surface area contributed by atoms with Crippen molar-refractivity contribution in [1.29, 1.82) is 0 Å². The van der Waals surface area contributed by atoms with Gasteiger partial charge < -0.3 is 14.4 Å². The first-order valence-electron chi connectivity index (χ1n) is 12.1. The molecular weight excluding hydrogens is 450 g/mol. The maximum Gasteiger partial charge on any atom is 0.192 e. The third kappa shape index (κ3) is 4.94. The van der Waals surface area contributed by atoms with Crippen molar-refractivity contribution in [3.63, 3.8) is 0 Å². The number of ether oxygens (including phenoxy) is 1. The molecule has 0 aliphatic heterocycles. The van der Waals surface area contributed by atoms with Crippen molar-refractivity contribution >= 4 is 0 Å². The second-order valence-electron chi connectivity index (χ2n) is 11.1. The molecule has 7 heteroatoms. The highest BCUT2D eigenvalue weighted by Crippen LogP contribution is 2.37. The van der Waals surface area contributed by atoms with Crippen molar-refractivity contribution in [2.75, 3.05) is 7.11 Å². The highest BCUT2D eigenvalue weighted by atomic mass is 16.5. The zero-order valence-corrected chi connectivity index (χ0v) is 22.1. The fourth-order valence-corrected chi connectivity index (χ4v) is 4.03. The minimum Gasteiger partial charge on any atom is -0.372 e. The zero-order chi connectivity index (χ0) is 26.1. The molecule has 0 spiro atoms.